The van der Waals surface area contributed by atoms with Gasteiger partial charge in [-0.25, -0.2) is 9.67 Å². The summed E-state index contributed by atoms with van der Waals surface area (Å²) in [6, 6.07) is 9.89. The Balaban J connectivity index is 2.05. The van der Waals surface area contributed by atoms with E-state index in [1.807, 2.05) is 6.07 Å². The Kier molecular flexibility index (Phi) is 6.50. The smallest absolute Gasteiger partial charge is 0.274 e. The van der Waals surface area contributed by atoms with Crippen LogP contribution in [0.5, 0.6) is 0 Å². The maximum absolute atomic E-state index is 13.1. The van der Waals surface area contributed by atoms with Gasteiger partial charge in [0.25, 0.3) is 11.8 Å². The van der Waals surface area contributed by atoms with Crippen LogP contribution in [0.15, 0.2) is 41.1 Å². The maximum atomic E-state index is 13.1. The number of carbonyl (C=O) groups excluding carboxylic acids is 2. The summed E-state index contributed by atoms with van der Waals surface area (Å²) >= 11 is 9.48. The summed E-state index contributed by atoms with van der Waals surface area (Å²) in [5, 5.41) is 19.3. The lowest BCUT2D eigenvalue weighted by Crippen LogP contribution is -2.26. The van der Waals surface area contributed by atoms with Gasteiger partial charge in [-0.15, -0.1) is 0 Å². The largest absolute Gasteiger partial charge is 0.352 e. The number of nitrogens with zero attached hydrogens (tertiary/aromatic N) is 4. The van der Waals surface area contributed by atoms with Gasteiger partial charge in [-0.1, -0.05) is 11.6 Å². The number of aromatic nitrogens is 3. The number of carbonyl (C=O) groups is 2. The topological polar surface area (TPSA) is 113 Å². The molecule has 0 bridgehead atoms. The number of aryl methyl sites for hydroxylation is 1. The Labute approximate surface area is 186 Å². The molecule has 2 aromatic heterocycles. The summed E-state index contributed by atoms with van der Waals surface area (Å²) in [5.74, 6) is -0.626. The third-order valence-electron chi connectivity index (χ3n) is 4.14. The van der Waals surface area contributed by atoms with E-state index in [4.69, 9.17) is 11.6 Å². The van der Waals surface area contributed by atoms with E-state index >= 15 is 0 Å². The van der Waals surface area contributed by atoms with Gasteiger partial charge in [0.2, 0.25) is 0 Å². The van der Waals surface area contributed by atoms with Crippen molar-refractivity contribution >= 4 is 45.0 Å². The predicted octanol–water partition coefficient (Wildman–Crippen LogP) is 3.87. The van der Waals surface area contributed by atoms with Crippen molar-refractivity contribution in [2.24, 2.45) is 0 Å². The van der Waals surface area contributed by atoms with Crippen molar-refractivity contribution in [2.75, 3.05) is 11.9 Å². The number of hydrogen-bond donors (Lipinski definition) is 2. The molecule has 0 radical (unpaired) electrons. The van der Waals surface area contributed by atoms with E-state index in [0.717, 1.165) is 0 Å². The van der Waals surface area contributed by atoms with Crippen LogP contribution in [0.2, 0.25) is 5.02 Å². The minimum atomic E-state index is -0.520. The zero-order valence-electron chi connectivity index (χ0n) is 16.0. The second-order valence-electron chi connectivity index (χ2n) is 6.21. The van der Waals surface area contributed by atoms with Gasteiger partial charge in [0, 0.05) is 18.8 Å². The van der Waals surface area contributed by atoms with Crippen LogP contribution in [0.4, 0.5) is 5.69 Å². The van der Waals surface area contributed by atoms with Crippen molar-refractivity contribution < 1.29 is 9.59 Å². The SMILES string of the molecule is CCNC(=O)c1cc(C#N)cc(C)c1NC(=O)c1cc(Br)nn1-c1ncccc1Cl. The van der Waals surface area contributed by atoms with E-state index in [1.54, 1.807) is 32.0 Å². The fraction of sp³-hybridized carbons (Fsp3) is 0.150. The van der Waals surface area contributed by atoms with Crippen LogP contribution < -0.4 is 10.6 Å². The van der Waals surface area contributed by atoms with Crippen molar-refractivity contribution in [3.05, 3.63) is 68.5 Å². The average Bonchev–Trinajstić information content (AvgIpc) is 3.11. The van der Waals surface area contributed by atoms with E-state index in [1.165, 1.54) is 23.0 Å². The number of anilines is 1. The first kappa shape index (κ1) is 21.5. The highest BCUT2D eigenvalue weighted by molar-refractivity contribution is 9.10. The Hall–Kier alpha value is -3.22. The molecule has 3 rings (SSSR count). The van der Waals surface area contributed by atoms with Gasteiger partial charge < -0.3 is 10.6 Å². The van der Waals surface area contributed by atoms with Gasteiger partial charge in [0.15, 0.2) is 5.82 Å². The van der Waals surface area contributed by atoms with Crippen molar-refractivity contribution in [1.82, 2.24) is 20.1 Å². The van der Waals surface area contributed by atoms with Crippen LogP contribution in [0, 0.1) is 18.3 Å². The summed E-state index contributed by atoms with van der Waals surface area (Å²) in [6.07, 6.45) is 1.54. The van der Waals surface area contributed by atoms with Crippen molar-refractivity contribution in [2.45, 2.75) is 13.8 Å². The minimum Gasteiger partial charge on any atom is -0.352 e. The molecule has 3 aromatic rings. The Morgan fingerprint density at radius 2 is 2.07 bits per heavy atom. The number of benzene rings is 1. The fourth-order valence-electron chi connectivity index (χ4n) is 2.84. The van der Waals surface area contributed by atoms with Crippen LogP contribution >= 0.6 is 27.5 Å². The van der Waals surface area contributed by atoms with Gasteiger partial charge in [-0.3, -0.25) is 9.59 Å². The highest BCUT2D eigenvalue weighted by Crippen LogP contribution is 2.26. The fourth-order valence-corrected chi connectivity index (χ4v) is 3.42. The molecule has 0 saturated heterocycles. The molecule has 0 aliphatic rings. The summed E-state index contributed by atoms with van der Waals surface area (Å²) in [7, 11) is 0. The van der Waals surface area contributed by atoms with E-state index in [0.29, 0.717) is 33.0 Å². The summed E-state index contributed by atoms with van der Waals surface area (Å²) in [6.45, 7) is 3.89. The van der Waals surface area contributed by atoms with Crippen LogP contribution in [-0.2, 0) is 0 Å². The molecule has 0 saturated carbocycles. The molecule has 8 nitrogen and oxygen atoms in total. The van der Waals surface area contributed by atoms with Gasteiger partial charge in [-0.2, -0.15) is 10.4 Å². The molecule has 0 aliphatic carbocycles. The van der Waals surface area contributed by atoms with Crippen LogP contribution in [0.1, 0.15) is 38.9 Å². The highest BCUT2D eigenvalue weighted by atomic mass is 79.9. The summed E-state index contributed by atoms with van der Waals surface area (Å²) in [4.78, 5) is 29.8. The van der Waals surface area contributed by atoms with Gasteiger partial charge in [0.1, 0.15) is 10.3 Å². The Morgan fingerprint density at radius 1 is 1.30 bits per heavy atom. The standard InChI is InChI=1S/C20H16BrClN6O2/c1-3-24-19(29)13-8-12(10-23)7-11(2)17(13)26-20(30)15-9-16(21)27-28(15)18-14(22)5-4-6-25-18/h4-9H,3H2,1-2H3,(H,24,29)(H,26,30). The maximum Gasteiger partial charge on any atom is 0.274 e. The number of hydrogen-bond acceptors (Lipinski definition) is 5. The number of nitriles is 1. The molecule has 0 aliphatic heterocycles. The molecule has 10 heteroatoms. The third-order valence-corrected chi connectivity index (χ3v) is 4.82. The first-order valence-corrected chi connectivity index (χ1v) is 10.0. The number of amides is 2. The van der Waals surface area contributed by atoms with E-state index < -0.39 is 11.8 Å². The van der Waals surface area contributed by atoms with E-state index in [9.17, 15) is 14.9 Å². The minimum absolute atomic E-state index is 0.160. The summed E-state index contributed by atoms with van der Waals surface area (Å²) < 4.78 is 1.72. The van der Waals surface area contributed by atoms with Gasteiger partial charge in [-0.05, 0) is 59.6 Å². The number of nitrogens with one attached hydrogen (secondary N) is 2. The zero-order valence-corrected chi connectivity index (χ0v) is 18.4. The molecule has 2 N–H and O–H groups in total. The quantitative estimate of drug-likeness (QED) is 0.567. The monoisotopic (exact) mass is 486 g/mol. The lowest BCUT2D eigenvalue weighted by molar-refractivity contribution is 0.0956. The average molecular weight is 488 g/mol. The molecule has 0 spiro atoms. The molecular formula is C20H16BrClN6O2. The normalized spacial score (nSPS) is 10.4. The lowest BCUT2D eigenvalue weighted by atomic mass is 10.0. The predicted molar refractivity (Wildman–Crippen MR) is 116 cm³/mol. The molecule has 0 unspecified atom stereocenters. The van der Waals surface area contributed by atoms with Crippen molar-refractivity contribution in [3.63, 3.8) is 0 Å². The van der Waals surface area contributed by atoms with Crippen LogP contribution in [0.25, 0.3) is 5.82 Å². The molecule has 152 valence electrons. The summed E-state index contributed by atoms with van der Waals surface area (Å²) in [5.41, 5.74) is 1.56. The van der Waals surface area contributed by atoms with Gasteiger partial charge >= 0.3 is 0 Å². The van der Waals surface area contributed by atoms with Crippen molar-refractivity contribution in [3.8, 4) is 11.9 Å². The van der Waals surface area contributed by atoms with E-state index in [-0.39, 0.29) is 17.1 Å². The molecule has 2 heterocycles. The molecule has 0 atom stereocenters. The van der Waals surface area contributed by atoms with Crippen LogP contribution in [0.3, 0.4) is 0 Å². The lowest BCUT2D eigenvalue weighted by Gasteiger charge is -2.15. The zero-order chi connectivity index (χ0) is 21.8. The number of halogens is 2. The highest BCUT2D eigenvalue weighted by Gasteiger charge is 2.22. The molecule has 30 heavy (non-hydrogen) atoms. The number of pyridine rings is 1. The third kappa shape index (κ3) is 4.35. The molecule has 0 fully saturated rings. The Bertz CT molecular complexity index is 1180. The number of rotatable bonds is 5. The first-order valence-electron chi connectivity index (χ1n) is 8.86. The molecule has 1 aromatic carbocycles. The van der Waals surface area contributed by atoms with Crippen LogP contribution in [-0.4, -0.2) is 33.1 Å². The molecule has 2 amide bonds. The Morgan fingerprint density at radius 3 is 2.73 bits per heavy atom. The first-order chi connectivity index (χ1) is 14.3. The second-order valence-corrected chi connectivity index (χ2v) is 7.43. The van der Waals surface area contributed by atoms with Crippen molar-refractivity contribution in [1.29, 1.82) is 5.26 Å². The molecular weight excluding hydrogens is 472 g/mol. The second kappa shape index (κ2) is 9.07. The van der Waals surface area contributed by atoms with Gasteiger partial charge in [0.05, 0.1) is 27.9 Å². The van der Waals surface area contributed by atoms with E-state index in [2.05, 4.69) is 36.6 Å².